The van der Waals surface area contributed by atoms with Gasteiger partial charge in [0.05, 0.1) is 11.8 Å². The Morgan fingerprint density at radius 2 is 2.38 bits per heavy atom. The topological polar surface area (TPSA) is 100 Å². The summed E-state index contributed by atoms with van der Waals surface area (Å²) in [5.41, 5.74) is 6.53. The Balaban J connectivity index is 2.13. The number of nitrogens with zero attached hydrogens (tertiary/aromatic N) is 1. The van der Waals surface area contributed by atoms with Crippen LogP contribution >= 0.6 is 11.3 Å². The molecule has 7 heteroatoms. The van der Waals surface area contributed by atoms with Crippen molar-refractivity contribution < 1.29 is 9.53 Å². The van der Waals surface area contributed by atoms with Crippen LogP contribution in [0.3, 0.4) is 0 Å². The summed E-state index contributed by atoms with van der Waals surface area (Å²) < 4.78 is 5.52. The first kappa shape index (κ1) is 15.6. The van der Waals surface area contributed by atoms with Crippen molar-refractivity contribution in [2.45, 2.75) is 26.4 Å². The molecule has 0 aromatic carbocycles. The van der Waals surface area contributed by atoms with Crippen molar-refractivity contribution in [1.82, 2.24) is 5.32 Å². The molecular weight excluding hydrogens is 288 g/mol. The smallest absolute Gasteiger partial charge is 0.263 e. The molecule has 2 unspecified atom stereocenters. The van der Waals surface area contributed by atoms with E-state index in [2.05, 4.69) is 16.7 Å². The van der Waals surface area contributed by atoms with Crippen molar-refractivity contribution in [3.8, 4) is 6.07 Å². The molecule has 1 aliphatic rings. The van der Waals surface area contributed by atoms with E-state index in [1.807, 2.05) is 13.8 Å². The number of carbonyl (C=O) groups is 1. The highest BCUT2D eigenvalue weighted by atomic mass is 32.1. The van der Waals surface area contributed by atoms with Crippen molar-refractivity contribution in [3.63, 3.8) is 0 Å². The second-order valence-corrected chi connectivity index (χ2v) is 6.05. The molecule has 1 fully saturated rings. The quantitative estimate of drug-likeness (QED) is 0.770. The average Bonchev–Trinajstić information content (AvgIpc) is 3.00. The number of carbonyl (C=O) groups excluding carboxylic acids is 1. The van der Waals surface area contributed by atoms with Crippen LogP contribution in [0.1, 0.15) is 35.5 Å². The Morgan fingerprint density at radius 1 is 1.62 bits per heavy atom. The number of hydrogen-bond donors (Lipinski definition) is 3. The number of nitrogens with two attached hydrogens (primary N) is 1. The van der Waals surface area contributed by atoms with Gasteiger partial charge >= 0.3 is 0 Å². The van der Waals surface area contributed by atoms with Gasteiger partial charge in [0, 0.05) is 25.6 Å². The maximum Gasteiger partial charge on any atom is 0.263 e. The van der Waals surface area contributed by atoms with Crippen LogP contribution in [0, 0.1) is 17.2 Å². The maximum absolute atomic E-state index is 11.9. The van der Waals surface area contributed by atoms with Crippen LogP contribution in [0.5, 0.6) is 0 Å². The molecule has 21 heavy (non-hydrogen) atoms. The first-order valence-electron chi connectivity index (χ1n) is 7.04. The minimum Gasteiger partial charge on any atom is -0.396 e. The van der Waals surface area contributed by atoms with E-state index in [9.17, 15) is 10.1 Å². The lowest BCUT2D eigenvalue weighted by Gasteiger charge is -2.14. The monoisotopic (exact) mass is 308 g/mol. The molecule has 0 bridgehead atoms. The fourth-order valence-electron chi connectivity index (χ4n) is 2.36. The number of rotatable bonds is 5. The van der Waals surface area contributed by atoms with E-state index < -0.39 is 0 Å². The number of ether oxygens (including phenoxy) is 1. The van der Waals surface area contributed by atoms with Crippen LogP contribution < -0.4 is 16.4 Å². The van der Waals surface area contributed by atoms with Gasteiger partial charge in [-0.25, -0.2) is 0 Å². The van der Waals surface area contributed by atoms with Gasteiger partial charge in [0.15, 0.2) is 0 Å². The summed E-state index contributed by atoms with van der Waals surface area (Å²) in [6, 6.07) is 2.08. The summed E-state index contributed by atoms with van der Waals surface area (Å²) in [6.07, 6.45) is 1.21. The lowest BCUT2D eigenvalue weighted by molar-refractivity contribution is 0.0960. The third-order valence-corrected chi connectivity index (χ3v) is 4.82. The number of anilines is 2. The molecule has 1 aromatic heterocycles. The zero-order valence-electron chi connectivity index (χ0n) is 12.2. The molecule has 0 aliphatic carbocycles. The number of thiophene rings is 1. The molecular formula is C14H20N4O2S. The molecule has 0 spiro atoms. The standard InChI is InChI=1S/C14H20N4O2S/c1-3-17-13(19)12-11(16)10(6-15)14(21-12)18-7-9-4-5-20-8(9)2/h8-9,18H,3-5,7,16H2,1-2H3,(H,17,19). The van der Waals surface area contributed by atoms with Crippen LogP contribution in [0.15, 0.2) is 0 Å². The van der Waals surface area contributed by atoms with Crippen LogP contribution in [0.4, 0.5) is 10.7 Å². The highest BCUT2D eigenvalue weighted by Crippen LogP contribution is 2.35. The fourth-order valence-corrected chi connectivity index (χ4v) is 3.35. The van der Waals surface area contributed by atoms with E-state index in [1.54, 1.807) is 0 Å². The van der Waals surface area contributed by atoms with Gasteiger partial charge in [-0.15, -0.1) is 11.3 Å². The molecule has 1 saturated heterocycles. The molecule has 114 valence electrons. The van der Waals surface area contributed by atoms with Crippen molar-refractivity contribution in [2.24, 2.45) is 5.92 Å². The molecule has 1 aliphatic heterocycles. The van der Waals surface area contributed by atoms with Crippen LogP contribution in [0.2, 0.25) is 0 Å². The summed E-state index contributed by atoms with van der Waals surface area (Å²) in [7, 11) is 0. The zero-order valence-corrected chi connectivity index (χ0v) is 13.0. The van der Waals surface area contributed by atoms with Gasteiger partial charge in [-0.05, 0) is 20.3 Å². The normalized spacial score (nSPS) is 21.0. The van der Waals surface area contributed by atoms with Gasteiger partial charge in [0.1, 0.15) is 21.5 Å². The zero-order chi connectivity index (χ0) is 15.4. The first-order valence-corrected chi connectivity index (χ1v) is 7.86. The van der Waals surface area contributed by atoms with Gasteiger partial charge < -0.3 is 21.1 Å². The van der Waals surface area contributed by atoms with Crippen molar-refractivity contribution in [2.75, 3.05) is 30.7 Å². The van der Waals surface area contributed by atoms with E-state index in [1.165, 1.54) is 11.3 Å². The maximum atomic E-state index is 11.9. The first-order chi connectivity index (χ1) is 10.1. The third-order valence-electron chi connectivity index (χ3n) is 3.66. The van der Waals surface area contributed by atoms with E-state index in [0.717, 1.165) is 13.0 Å². The van der Waals surface area contributed by atoms with Crippen LogP contribution in [-0.2, 0) is 4.74 Å². The third kappa shape index (κ3) is 3.28. The van der Waals surface area contributed by atoms with E-state index >= 15 is 0 Å². The van der Waals surface area contributed by atoms with Crippen molar-refractivity contribution in [1.29, 1.82) is 5.26 Å². The van der Waals surface area contributed by atoms with Crippen molar-refractivity contribution >= 4 is 27.9 Å². The summed E-state index contributed by atoms with van der Waals surface area (Å²) in [5, 5.41) is 15.9. The molecule has 1 amide bonds. The molecule has 0 saturated carbocycles. The molecule has 2 atom stereocenters. The van der Waals surface area contributed by atoms with Gasteiger partial charge in [-0.3, -0.25) is 4.79 Å². The average molecular weight is 308 g/mol. The fraction of sp³-hybridized carbons (Fsp3) is 0.571. The summed E-state index contributed by atoms with van der Waals surface area (Å²) in [6.45, 7) is 5.90. The lowest BCUT2D eigenvalue weighted by Crippen LogP contribution is -2.22. The van der Waals surface area contributed by atoms with E-state index in [-0.39, 0.29) is 17.7 Å². The number of nitriles is 1. The Hall–Kier alpha value is -1.78. The molecule has 6 nitrogen and oxygen atoms in total. The molecule has 2 rings (SSSR count). The Bertz CT molecular complexity index is 564. The molecule has 4 N–H and O–H groups in total. The Morgan fingerprint density at radius 3 is 2.95 bits per heavy atom. The Kier molecular flexibility index (Phi) is 5.04. The highest BCUT2D eigenvalue weighted by Gasteiger charge is 2.26. The largest absolute Gasteiger partial charge is 0.396 e. The predicted octanol–water partition coefficient (Wildman–Crippen LogP) is 1.79. The van der Waals surface area contributed by atoms with Crippen LogP contribution in [-0.4, -0.2) is 31.7 Å². The summed E-state index contributed by atoms with van der Waals surface area (Å²) in [4.78, 5) is 12.3. The number of hydrogen-bond acceptors (Lipinski definition) is 6. The van der Waals surface area contributed by atoms with Crippen molar-refractivity contribution in [3.05, 3.63) is 10.4 Å². The predicted molar refractivity (Wildman–Crippen MR) is 83.5 cm³/mol. The van der Waals surface area contributed by atoms with Gasteiger partial charge in [-0.1, -0.05) is 0 Å². The van der Waals surface area contributed by atoms with Gasteiger partial charge in [-0.2, -0.15) is 5.26 Å². The lowest BCUT2D eigenvalue weighted by atomic mass is 10.0. The minimum absolute atomic E-state index is 0.211. The Labute approximate surface area is 128 Å². The SMILES string of the molecule is CCNC(=O)c1sc(NCC2CCOC2C)c(C#N)c1N. The number of nitrogen functional groups attached to an aromatic ring is 1. The number of amides is 1. The molecule has 0 radical (unpaired) electrons. The molecule has 2 heterocycles. The summed E-state index contributed by atoms with van der Waals surface area (Å²) in [5.74, 6) is 0.176. The second kappa shape index (κ2) is 6.78. The number of nitrogens with one attached hydrogen (secondary N) is 2. The minimum atomic E-state index is -0.234. The highest BCUT2D eigenvalue weighted by molar-refractivity contribution is 7.18. The summed E-state index contributed by atoms with van der Waals surface area (Å²) >= 11 is 1.23. The second-order valence-electron chi connectivity index (χ2n) is 5.03. The van der Waals surface area contributed by atoms with E-state index in [4.69, 9.17) is 10.5 Å². The molecule has 1 aromatic rings. The van der Waals surface area contributed by atoms with Gasteiger partial charge in [0.25, 0.3) is 5.91 Å². The van der Waals surface area contributed by atoms with Crippen LogP contribution in [0.25, 0.3) is 0 Å². The van der Waals surface area contributed by atoms with Gasteiger partial charge in [0.2, 0.25) is 0 Å². The van der Waals surface area contributed by atoms with E-state index in [0.29, 0.717) is 34.4 Å².